The summed E-state index contributed by atoms with van der Waals surface area (Å²) >= 11 is 0. The second kappa shape index (κ2) is 3.89. The molecule has 1 aromatic carbocycles. The minimum atomic E-state index is -1.02. The van der Waals surface area contributed by atoms with Crippen molar-refractivity contribution >= 4 is 18.0 Å². The lowest BCUT2D eigenvalue weighted by Gasteiger charge is -2.09. The Morgan fingerprint density at radius 3 is 2.19 bits per heavy atom. The summed E-state index contributed by atoms with van der Waals surface area (Å²) < 4.78 is 0. The van der Waals surface area contributed by atoms with Gasteiger partial charge in [0, 0.05) is 0 Å². The molecule has 0 saturated heterocycles. The number of amides is 4. The summed E-state index contributed by atoms with van der Waals surface area (Å²) in [6, 6.07) is 5.90. The van der Waals surface area contributed by atoms with Crippen molar-refractivity contribution in [2.75, 3.05) is 0 Å². The Morgan fingerprint density at radius 1 is 1.06 bits per heavy atom. The molecule has 80 valence electrons. The first-order chi connectivity index (χ1) is 7.68. The summed E-state index contributed by atoms with van der Waals surface area (Å²) in [7, 11) is 0. The highest BCUT2D eigenvalue weighted by Crippen LogP contribution is 2.10. The van der Waals surface area contributed by atoms with Crippen molar-refractivity contribution in [3.05, 3.63) is 35.9 Å². The van der Waals surface area contributed by atoms with Gasteiger partial charge in [-0.2, -0.15) is 0 Å². The zero-order valence-electron chi connectivity index (χ0n) is 7.86. The van der Waals surface area contributed by atoms with Gasteiger partial charge in [-0.1, -0.05) is 33.5 Å². The van der Waals surface area contributed by atoms with E-state index < -0.39 is 18.0 Å². The zero-order valence-corrected chi connectivity index (χ0v) is 7.86. The van der Waals surface area contributed by atoms with Crippen molar-refractivity contribution < 1.29 is 19.2 Å². The summed E-state index contributed by atoms with van der Waals surface area (Å²) in [5.41, 5.74) is 0.218. The normalized spacial score (nSPS) is 14.4. The van der Waals surface area contributed by atoms with E-state index >= 15 is 0 Å². The molecule has 0 spiro atoms. The Morgan fingerprint density at radius 2 is 1.62 bits per heavy atom. The number of rotatable bonds is 2. The highest BCUT2D eigenvalue weighted by Gasteiger charge is 2.32. The van der Waals surface area contributed by atoms with Crippen LogP contribution in [-0.2, 0) is 4.84 Å². The van der Waals surface area contributed by atoms with Crippen molar-refractivity contribution in [1.82, 2.24) is 5.06 Å². The van der Waals surface area contributed by atoms with E-state index in [9.17, 15) is 14.4 Å². The molecule has 0 saturated carbocycles. The summed E-state index contributed by atoms with van der Waals surface area (Å²) in [6.07, 6.45) is 0. The molecular formula is C9H5N3O4. The van der Waals surface area contributed by atoms with Gasteiger partial charge in [-0.3, -0.25) is 0 Å². The van der Waals surface area contributed by atoms with E-state index in [1.807, 2.05) is 0 Å². The third-order valence-corrected chi connectivity index (χ3v) is 1.75. The predicted octanol–water partition coefficient (Wildman–Crippen LogP) is 1.77. The number of carbonyl (C=O) groups is 3. The van der Waals surface area contributed by atoms with E-state index in [1.165, 1.54) is 12.1 Å². The van der Waals surface area contributed by atoms with E-state index in [-0.39, 0.29) is 10.6 Å². The van der Waals surface area contributed by atoms with Crippen LogP contribution in [0.3, 0.4) is 0 Å². The van der Waals surface area contributed by atoms with Crippen molar-refractivity contribution in [2.24, 2.45) is 10.2 Å². The second-order valence-electron chi connectivity index (χ2n) is 2.80. The first-order valence-electron chi connectivity index (χ1n) is 4.25. The molecule has 0 aromatic heterocycles. The minimum Gasteiger partial charge on any atom is -0.322 e. The van der Waals surface area contributed by atoms with Crippen molar-refractivity contribution in [1.29, 1.82) is 0 Å². The largest absolute Gasteiger partial charge is 0.404 e. The number of urea groups is 2. The summed E-state index contributed by atoms with van der Waals surface area (Å²) in [4.78, 5) is 37.8. The second-order valence-corrected chi connectivity index (χ2v) is 2.80. The molecule has 0 N–H and O–H groups in total. The van der Waals surface area contributed by atoms with Crippen LogP contribution < -0.4 is 0 Å². The van der Waals surface area contributed by atoms with E-state index in [0.29, 0.717) is 0 Å². The zero-order chi connectivity index (χ0) is 11.5. The van der Waals surface area contributed by atoms with Gasteiger partial charge in [-0.15, -0.1) is 0 Å². The molecule has 7 heteroatoms. The fourth-order valence-corrected chi connectivity index (χ4v) is 1.04. The van der Waals surface area contributed by atoms with Crippen LogP contribution in [-0.4, -0.2) is 23.1 Å². The van der Waals surface area contributed by atoms with Crippen LogP contribution in [0.25, 0.3) is 0 Å². The van der Waals surface area contributed by atoms with Gasteiger partial charge in [-0.25, -0.2) is 14.4 Å². The molecule has 1 aromatic rings. The molecular weight excluding hydrogens is 214 g/mol. The number of hydroxylamine groups is 2. The van der Waals surface area contributed by atoms with Gasteiger partial charge in [0.15, 0.2) is 0 Å². The van der Waals surface area contributed by atoms with Crippen LogP contribution in [0.5, 0.6) is 0 Å². The Labute approximate surface area is 89.3 Å². The molecule has 1 aliphatic heterocycles. The number of azo groups is 1. The third kappa shape index (κ3) is 1.78. The number of benzene rings is 1. The average Bonchev–Trinajstić information content (AvgIpc) is 2.62. The van der Waals surface area contributed by atoms with Crippen LogP contribution in [0.15, 0.2) is 40.6 Å². The molecule has 2 rings (SSSR count). The Kier molecular flexibility index (Phi) is 2.42. The number of carbonyl (C=O) groups excluding carboxylic acids is 3. The van der Waals surface area contributed by atoms with Gasteiger partial charge in [0.25, 0.3) is 0 Å². The van der Waals surface area contributed by atoms with Crippen LogP contribution in [0.4, 0.5) is 9.59 Å². The van der Waals surface area contributed by atoms with E-state index in [2.05, 4.69) is 15.1 Å². The lowest BCUT2D eigenvalue weighted by Crippen LogP contribution is -2.31. The molecule has 7 nitrogen and oxygen atoms in total. The lowest BCUT2D eigenvalue weighted by atomic mass is 10.2. The van der Waals surface area contributed by atoms with Crippen molar-refractivity contribution in [3.8, 4) is 0 Å². The monoisotopic (exact) mass is 219 g/mol. The first kappa shape index (κ1) is 9.97. The molecule has 1 heterocycles. The molecule has 0 radical (unpaired) electrons. The topological polar surface area (TPSA) is 88.4 Å². The average molecular weight is 219 g/mol. The maximum absolute atomic E-state index is 11.4. The number of nitrogens with zero attached hydrogens (tertiary/aromatic N) is 3. The minimum absolute atomic E-state index is 0.204. The van der Waals surface area contributed by atoms with Crippen LogP contribution in [0.1, 0.15) is 10.4 Å². The molecule has 1 aliphatic rings. The SMILES string of the molecule is O=C(ON1C(=O)N=NC1=O)c1ccccc1. The van der Waals surface area contributed by atoms with E-state index in [1.54, 1.807) is 18.2 Å². The number of hydrogen-bond donors (Lipinski definition) is 0. The first-order valence-corrected chi connectivity index (χ1v) is 4.25. The van der Waals surface area contributed by atoms with Gasteiger partial charge >= 0.3 is 18.0 Å². The van der Waals surface area contributed by atoms with Crippen LogP contribution >= 0.6 is 0 Å². The fourth-order valence-electron chi connectivity index (χ4n) is 1.04. The molecule has 4 amide bonds. The van der Waals surface area contributed by atoms with Gasteiger partial charge in [0.2, 0.25) is 0 Å². The highest BCUT2D eigenvalue weighted by molar-refractivity contribution is 5.99. The molecule has 0 fully saturated rings. The Balaban J connectivity index is 2.09. The summed E-state index contributed by atoms with van der Waals surface area (Å²) in [5.74, 6) is -0.824. The smallest absolute Gasteiger partial charge is 0.322 e. The predicted molar refractivity (Wildman–Crippen MR) is 49.3 cm³/mol. The van der Waals surface area contributed by atoms with Gasteiger partial charge in [0.05, 0.1) is 5.56 Å². The fraction of sp³-hybridized carbons (Fsp3) is 0. The van der Waals surface area contributed by atoms with Crippen molar-refractivity contribution in [2.45, 2.75) is 0 Å². The maximum atomic E-state index is 11.4. The standard InChI is InChI=1S/C9H5N3O4/c13-7(6-4-2-1-3-5-6)16-12-8(14)10-11-9(12)15/h1-5H. The van der Waals surface area contributed by atoms with Gasteiger partial charge in [0.1, 0.15) is 0 Å². The quantitative estimate of drug-likeness (QED) is 0.757. The van der Waals surface area contributed by atoms with E-state index in [0.717, 1.165) is 0 Å². The number of imide groups is 1. The van der Waals surface area contributed by atoms with Crippen molar-refractivity contribution in [3.63, 3.8) is 0 Å². The molecule has 0 atom stereocenters. The van der Waals surface area contributed by atoms with Crippen LogP contribution in [0, 0.1) is 0 Å². The molecule has 0 unspecified atom stereocenters. The van der Waals surface area contributed by atoms with E-state index in [4.69, 9.17) is 0 Å². The third-order valence-electron chi connectivity index (χ3n) is 1.75. The Hall–Kier alpha value is -2.57. The summed E-state index contributed by atoms with van der Waals surface area (Å²) in [5, 5.41) is 6.06. The summed E-state index contributed by atoms with van der Waals surface area (Å²) in [6.45, 7) is 0. The lowest BCUT2D eigenvalue weighted by molar-refractivity contribution is -0.0359. The van der Waals surface area contributed by atoms with Crippen LogP contribution in [0.2, 0.25) is 0 Å². The maximum Gasteiger partial charge on any atom is 0.404 e. The van der Waals surface area contributed by atoms with Gasteiger partial charge < -0.3 is 4.84 Å². The highest BCUT2D eigenvalue weighted by atomic mass is 16.7. The Bertz CT molecular complexity index is 465. The molecule has 16 heavy (non-hydrogen) atoms. The molecule has 0 aliphatic carbocycles. The number of hydrogen-bond acceptors (Lipinski definition) is 4. The molecule has 0 bridgehead atoms. The van der Waals surface area contributed by atoms with Gasteiger partial charge in [-0.05, 0) is 12.1 Å².